The van der Waals surface area contributed by atoms with Crippen LogP contribution in [0.2, 0.25) is 10.0 Å². The summed E-state index contributed by atoms with van der Waals surface area (Å²) in [4.78, 5) is 31.4. The van der Waals surface area contributed by atoms with Crippen LogP contribution in [-0.2, 0) is 11.3 Å². The molecule has 2 aromatic carbocycles. The van der Waals surface area contributed by atoms with Crippen molar-refractivity contribution in [3.63, 3.8) is 0 Å². The van der Waals surface area contributed by atoms with Crippen LogP contribution in [0.25, 0.3) is 0 Å². The molecule has 6 nitrogen and oxygen atoms in total. The number of aliphatic imine (C=N–C) groups is 1. The maximum absolute atomic E-state index is 14.4. The quantitative estimate of drug-likeness (QED) is 0.588. The molecule has 2 amide bonds. The Bertz CT molecular complexity index is 1100. The number of rotatable bonds is 6. The van der Waals surface area contributed by atoms with Gasteiger partial charge in [-0.1, -0.05) is 37.0 Å². The van der Waals surface area contributed by atoms with Crippen LogP contribution in [0.5, 0.6) is 0 Å². The summed E-state index contributed by atoms with van der Waals surface area (Å²) in [6.45, 7) is 7.64. The van der Waals surface area contributed by atoms with E-state index in [1.807, 2.05) is 20.8 Å². The first-order valence-electron chi connectivity index (χ1n) is 10.6. The second kappa shape index (κ2) is 9.69. The molecule has 1 heterocycles. The number of amides is 2. The molecule has 3 rings (SSSR count). The number of hydrogen-bond acceptors (Lipinski definition) is 4. The van der Waals surface area contributed by atoms with Gasteiger partial charge in [0.1, 0.15) is 5.82 Å². The maximum atomic E-state index is 14.4. The van der Waals surface area contributed by atoms with E-state index in [4.69, 9.17) is 28.9 Å². The Balaban J connectivity index is 1.79. The molecule has 1 aliphatic heterocycles. The van der Waals surface area contributed by atoms with Gasteiger partial charge in [-0.2, -0.15) is 0 Å². The Kier molecular flexibility index (Phi) is 7.34. The second-order valence-electron chi connectivity index (χ2n) is 8.88. The van der Waals surface area contributed by atoms with Crippen molar-refractivity contribution in [3.05, 3.63) is 69.0 Å². The molecule has 0 aromatic heterocycles. The van der Waals surface area contributed by atoms with Crippen LogP contribution in [0, 0.1) is 11.7 Å². The zero-order chi connectivity index (χ0) is 24.5. The van der Waals surface area contributed by atoms with Gasteiger partial charge in [-0.15, -0.1) is 0 Å². The molecule has 0 fully saturated rings. The molecule has 176 valence electrons. The highest BCUT2D eigenvalue weighted by atomic mass is 35.5. The summed E-state index contributed by atoms with van der Waals surface area (Å²) in [5, 5.41) is 3.71. The van der Waals surface area contributed by atoms with Crippen molar-refractivity contribution in [2.75, 3.05) is 0 Å². The standard InChI is InChI=1S/C24H27Cl2FN4O2/c1-13(2)24(4)11-21(32)31(23(28)30-24)12-15-5-17(9-20(27)6-15)22(33)29-14(3)16-7-18(25)10-19(26)8-16/h5-10,13-14H,11-12H2,1-4H3,(H2,28,30)(H,29,33)/t14-,24-/m0/s1. The number of carbonyl (C=O) groups is 2. The minimum Gasteiger partial charge on any atom is -0.369 e. The van der Waals surface area contributed by atoms with Crippen LogP contribution in [0.3, 0.4) is 0 Å². The van der Waals surface area contributed by atoms with Crippen LogP contribution < -0.4 is 11.1 Å². The Morgan fingerprint density at radius 3 is 2.39 bits per heavy atom. The van der Waals surface area contributed by atoms with Crippen molar-refractivity contribution in [2.45, 2.75) is 52.2 Å². The van der Waals surface area contributed by atoms with E-state index in [0.29, 0.717) is 21.2 Å². The summed E-state index contributed by atoms with van der Waals surface area (Å²) in [6.07, 6.45) is 0.202. The second-order valence-corrected chi connectivity index (χ2v) is 9.76. The van der Waals surface area contributed by atoms with Crippen LogP contribution >= 0.6 is 23.2 Å². The topological polar surface area (TPSA) is 87.8 Å². The van der Waals surface area contributed by atoms with E-state index in [2.05, 4.69) is 10.3 Å². The molecule has 2 aromatic rings. The van der Waals surface area contributed by atoms with Crippen LogP contribution in [0.4, 0.5) is 4.39 Å². The summed E-state index contributed by atoms with van der Waals surface area (Å²) in [5.41, 5.74) is 6.77. The fourth-order valence-electron chi connectivity index (χ4n) is 3.64. The number of nitrogens with one attached hydrogen (secondary N) is 1. The van der Waals surface area contributed by atoms with Crippen LogP contribution in [0.15, 0.2) is 41.4 Å². The van der Waals surface area contributed by atoms with Gasteiger partial charge in [0, 0.05) is 15.6 Å². The van der Waals surface area contributed by atoms with Gasteiger partial charge in [-0.05, 0) is 67.3 Å². The molecule has 0 radical (unpaired) electrons. The molecule has 0 saturated carbocycles. The highest BCUT2D eigenvalue weighted by molar-refractivity contribution is 6.34. The number of halogens is 3. The lowest BCUT2D eigenvalue weighted by molar-refractivity contribution is -0.130. The summed E-state index contributed by atoms with van der Waals surface area (Å²) >= 11 is 12.1. The van der Waals surface area contributed by atoms with Crippen molar-refractivity contribution in [3.8, 4) is 0 Å². The Hall–Kier alpha value is -2.64. The van der Waals surface area contributed by atoms with Gasteiger partial charge in [0.15, 0.2) is 5.96 Å². The van der Waals surface area contributed by atoms with Crippen molar-refractivity contribution in [1.29, 1.82) is 0 Å². The Labute approximate surface area is 203 Å². The largest absolute Gasteiger partial charge is 0.369 e. The van der Waals surface area contributed by atoms with Gasteiger partial charge in [0.2, 0.25) is 5.91 Å². The number of benzene rings is 2. The summed E-state index contributed by atoms with van der Waals surface area (Å²) < 4.78 is 14.4. The molecular weight excluding hydrogens is 466 g/mol. The first-order chi connectivity index (χ1) is 15.4. The lowest BCUT2D eigenvalue weighted by Crippen LogP contribution is -2.51. The minimum absolute atomic E-state index is 0.0137. The van der Waals surface area contributed by atoms with Gasteiger partial charge in [0.25, 0.3) is 5.91 Å². The monoisotopic (exact) mass is 492 g/mol. The predicted molar refractivity (Wildman–Crippen MR) is 129 cm³/mol. The molecule has 33 heavy (non-hydrogen) atoms. The Morgan fingerprint density at radius 1 is 1.18 bits per heavy atom. The summed E-state index contributed by atoms with van der Waals surface area (Å²) in [7, 11) is 0. The fraction of sp³-hybridized carbons (Fsp3) is 0.375. The van der Waals surface area contributed by atoms with Gasteiger partial charge in [0.05, 0.1) is 24.5 Å². The van der Waals surface area contributed by atoms with Gasteiger partial charge < -0.3 is 11.1 Å². The normalized spacial score (nSPS) is 19.5. The molecular formula is C24H27Cl2FN4O2. The van der Waals surface area contributed by atoms with Gasteiger partial charge >= 0.3 is 0 Å². The van der Waals surface area contributed by atoms with Crippen molar-refractivity contribution < 1.29 is 14.0 Å². The van der Waals surface area contributed by atoms with E-state index >= 15 is 0 Å². The molecule has 0 saturated heterocycles. The van der Waals surface area contributed by atoms with E-state index in [9.17, 15) is 14.0 Å². The molecule has 0 aliphatic carbocycles. The van der Waals surface area contributed by atoms with E-state index in [-0.39, 0.29) is 36.3 Å². The maximum Gasteiger partial charge on any atom is 0.251 e. The van der Waals surface area contributed by atoms with Crippen LogP contribution in [-0.4, -0.2) is 28.2 Å². The summed E-state index contributed by atoms with van der Waals surface area (Å²) in [5.74, 6) is -1.05. The SMILES string of the molecule is CC(C)[C@]1(C)CC(=O)N(Cc2cc(F)cc(C(=O)N[C@@H](C)c3cc(Cl)cc(Cl)c3)c2)C(N)=N1. The highest BCUT2D eigenvalue weighted by Gasteiger charge is 2.38. The molecule has 0 unspecified atom stereocenters. The lowest BCUT2D eigenvalue weighted by atomic mass is 9.84. The van der Waals surface area contributed by atoms with E-state index in [1.165, 1.54) is 17.0 Å². The smallest absolute Gasteiger partial charge is 0.251 e. The van der Waals surface area contributed by atoms with Crippen LogP contribution in [0.1, 0.15) is 61.6 Å². The molecule has 0 bridgehead atoms. The zero-order valence-electron chi connectivity index (χ0n) is 19.0. The van der Waals surface area contributed by atoms with E-state index < -0.39 is 23.3 Å². The van der Waals surface area contributed by atoms with Gasteiger partial charge in [-0.3, -0.25) is 14.5 Å². The first-order valence-corrected chi connectivity index (χ1v) is 11.4. The average molecular weight is 493 g/mol. The lowest BCUT2D eigenvalue weighted by Gasteiger charge is -2.37. The number of guanidine groups is 1. The number of hydrogen-bond donors (Lipinski definition) is 2. The highest BCUT2D eigenvalue weighted by Crippen LogP contribution is 2.30. The van der Waals surface area contributed by atoms with Crippen molar-refractivity contribution in [1.82, 2.24) is 10.2 Å². The molecule has 0 spiro atoms. The first kappa shape index (κ1) is 25.0. The predicted octanol–water partition coefficient (Wildman–Crippen LogP) is 5.09. The summed E-state index contributed by atoms with van der Waals surface area (Å²) in [6, 6.07) is 8.53. The molecule has 3 N–H and O–H groups in total. The van der Waals surface area contributed by atoms with Gasteiger partial charge in [-0.25, -0.2) is 9.38 Å². The zero-order valence-corrected chi connectivity index (χ0v) is 20.5. The molecule has 2 atom stereocenters. The molecule has 9 heteroatoms. The molecule has 1 aliphatic rings. The average Bonchev–Trinajstić information content (AvgIpc) is 2.69. The third kappa shape index (κ3) is 5.84. The number of nitrogens with zero attached hydrogens (tertiary/aromatic N) is 2. The third-order valence-corrected chi connectivity index (χ3v) is 6.43. The minimum atomic E-state index is -0.594. The van der Waals surface area contributed by atoms with E-state index in [1.54, 1.807) is 25.1 Å². The van der Waals surface area contributed by atoms with Crippen molar-refractivity contribution in [2.24, 2.45) is 16.6 Å². The van der Waals surface area contributed by atoms with E-state index in [0.717, 1.165) is 6.07 Å². The Morgan fingerprint density at radius 2 is 1.82 bits per heavy atom. The number of nitrogens with two attached hydrogens (primary N) is 1. The van der Waals surface area contributed by atoms with Crippen molar-refractivity contribution >= 4 is 41.0 Å². The number of carbonyl (C=O) groups excluding carboxylic acids is 2. The fourth-order valence-corrected chi connectivity index (χ4v) is 4.18. The third-order valence-electron chi connectivity index (χ3n) is 5.99.